The quantitative estimate of drug-likeness (QED) is 0.538. The van der Waals surface area contributed by atoms with Crippen LogP contribution in [-0.4, -0.2) is 43.3 Å². The molecule has 1 rings (SSSR count). The molecule has 0 unspecified atom stereocenters. The molecule has 0 spiro atoms. The second kappa shape index (κ2) is 8.10. The van der Waals surface area contributed by atoms with E-state index in [-0.39, 0.29) is 18.1 Å². The zero-order valence-corrected chi connectivity index (χ0v) is 10.7. The van der Waals surface area contributed by atoms with Gasteiger partial charge in [-0.25, -0.2) is 4.79 Å². The highest BCUT2D eigenvalue weighted by molar-refractivity contribution is 5.87. The zero-order chi connectivity index (χ0) is 14.1. The number of carbonyl (C=O) groups excluding carboxylic acids is 1. The average molecular weight is 267 g/mol. The highest BCUT2D eigenvalue weighted by Crippen LogP contribution is 2.11. The molecule has 0 aliphatic carbocycles. The maximum absolute atomic E-state index is 11.0. The van der Waals surface area contributed by atoms with Gasteiger partial charge in [-0.3, -0.25) is 4.79 Å². The molecule has 0 aliphatic rings. The lowest BCUT2D eigenvalue weighted by atomic mass is 10.2. The Morgan fingerprint density at radius 1 is 1.26 bits per heavy atom. The third kappa shape index (κ3) is 5.87. The van der Waals surface area contributed by atoms with Crippen LogP contribution in [0.5, 0.6) is 5.75 Å². The van der Waals surface area contributed by atoms with Gasteiger partial charge in [-0.15, -0.1) is 0 Å². The summed E-state index contributed by atoms with van der Waals surface area (Å²) in [6, 6.07) is 6.14. The molecule has 1 aromatic carbocycles. The number of hydrogen-bond donors (Lipinski definition) is 2. The third-order valence-corrected chi connectivity index (χ3v) is 2.22. The number of aromatic carboxylic acids is 1. The van der Waals surface area contributed by atoms with Crippen LogP contribution in [0.4, 0.5) is 0 Å². The second-order valence-corrected chi connectivity index (χ2v) is 3.66. The van der Waals surface area contributed by atoms with E-state index in [4.69, 9.17) is 14.6 Å². The molecule has 0 atom stereocenters. The molecule has 104 valence electrons. The average Bonchev–Trinajstić information content (AvgIpc) is 2.39. The molecular formula is C13H17NO5. The monoisotopic (exact) mass is 267 g/mol. The van der Waals surface area contributed by atoms with Gasteiger partial charge in [0.1, 0.15) is 12.4 Å². The van der Waals surface area contributed by atoms with Gasteiger partial charge in [-0.2, -0.15) is 0 Å². The summed E-state index contributed by atoms with van der Waals surface area (Å²) in [5.41, 5.74) is 0.216. The van der Waals surface area contributed by atoms with Crippen LogP contribution in [0.15, 0.2) is 24.3 Å². The standard InChI is InChI=1S/C13H17NO5/c1-2-18-12(15)9-14-7-8-19-11-5-3-10(4-6-11)13(16)17/h3-6,14H,2,7-9H2,1H3,(H,16,17). The minimum Gasteiger partial charge on any atom is -0.492 e. The van der Waals surface area contributed by atoms with Crippen LogP contribution < -0.4 is 10.1 Å². The van der Waals surface area contributed by atoms with Crippen LogP contribution in [0, 0.1) is 0 Å². The highest BCUT2D eigenvalue weighted by Gasteiger charge is 2.02. The Labute approximate surface area is 111 Å². The number of ether oxygens (including phenoxy) is 2. The Morgan fingerprint density at radius 2 is 1.95 bits per heavy atom. The molecule has 0 amide bonds. The van der Waals surface area contributed by atoms with Crippen molar-refractivity contribution in [2.45, 2.75) is 6.92 Å². The molecule has 0 radical (unpaired) electrons. The molecule has 0 aliphatic heterocycles. The number of hydrogen-bond acceptors (Lipinski definition) is 5. The molecule has 0 bridgehead atoms. The molecule has 19 heavy (non-hydrogen) atoms. The van der Waals surface area contributed by atoms with E-state index >= 15 is 0 Å². The van der Waals surface area contributed by atoms with E-state index in [9.17, 15) is 9.59 Å². The van der Waals surface area contributed by atoms with Crippen molar-refractivity contribution in [3.63, 3.8) is 0 Å². The van der Waals surface area contributed by atoms with Gasteiger partial charge in [0.15, 0.2) is 0 Å². The van der Waals surface area contributed by atoms with E-state index in [1.54, 1.807) is 19.1 Å². The topological polar surface area (TPSA) is 84.9 Å². The van der Waals surface area contributed by atoms with E-state index in [1.807, 2.05) is 0 Å². The predicted molar refractivity (Wildman–Crippen MR) is 68.4 cm³/mol. The van der Waals surface area contributed by atoms with Crippen molar-refractivity contribution in [1.82, 2.24) is 5.32 Å². The lowest BCUT2D eigenvalue weighted by Crippen LogP contribution is -2.28. The maximum atomic E-state index is 11.0. The van der Waals surface area contributed by atoms with Crippen molar-refractivity contribution in [3.05, 3.63) is 29.8 Å². The molecule has 6 nitrogen and oxygen atoms in total. The van der Waals surface area contributed by atoms with Crippen molar-refractivity contribution in [1.29, 1.82) is 0 Å². The first-order valence-corrected chi connectivity index (χ1v) is 5.96. The third-order valence-electron chi connectivity index (χ3n) is 2.22. The number of rotatable bonds is 8. The summed E-state index contributed by atoms with van der Waals surface area (Å²) in [6.45, 7) is 3.15. The van der Waals surface area contributed by atoms with E-state index in [0.29, 0.717) is 25.5 Å². The molecule has 2 N–H and O–H groups in total. The highest BCUT2D eigenvalue weighted by atomic mass is 16.5. The molecule has 6 heteroatoms. The lowest BCUT2D eigenvalue weighted by Gasteiger charge is -2.07. The van der Waals surface area contributed by atoms with E-state index in [2.05, 4.69) is 5.32 Å². The van der Waals surface area contributed by atoms with Gasteiger partial charge in [0.05, 0.1) is 18.7 Å². The van der Waals surface area contributed by atoms with Crippen molar-refractivity contribution in [2.75, 3.05) is 26.3 Å². The zero-order valence-electron chi connectivity index (χ0n) is 10.7. The van der Waals surface area contributed by atoms with Gasteiger partial charge in [-0.05, 0) is 31.2 Å². The number of benzene rings is 1. The number of carbonyl (C=O) groups is 2. The van der Waals surface area contributed by atoms with Crippen LogP contribution >= 0.6 is 0 Å². The summed E-state index contributed by atoms with van der Waals surface area (Å²) in [4.78, 5) is 21.6. The SMILES string of the molecule is CCOC(=O)CNCCOc1ccc(C(=O)O)cc1. The Hall–Kier alpha value is -2.08. The first-order valence-electron chi connectivity index (χ1n) is 5.96. The van der Waals surface area contributed by atoms with E-state index in [1.165, 1.54) is 12.1 Å². The van der Waals surface area contributed by atoms with Crippen molar-refractivity contribution >= 4 is 11.9 Å². The van der Waals surface area contributed by atoms with Gasteiger partial charge in [-0.1, -0.05) is 0 Å². The largest absolute Gasteiger partial charge is 0.492 e. The fraction of sp³-hybridized carbons (Fsp3) is 0.385. The van der Waals surface area contributed by atoms with Crippen LogP contribution in [0.3, 0.4) is 0 Å². The lowest BCUT2D eigenvalue weighted by molar-refractivity contribution is -0.142. The van der Waals surface area contributed by atoms with Crippen molar-refractivity contribution < 1.29 is 24.2 Å². The molecule has 0 saturated heterocycles. The Balaban J connectivity index is 2.19. The van der Waals surface area contributed by atoms with Gasteiger partial charge in [0, 0.05) is 6.54 Å². The van der Waals surface area contributed by atoms with Crippen LogP contribution in [0.25, 0.3) is 0 Å². The minimum absolute atomic E-state index is 0.148. The number of carboxylic acids is 1. The van der Waals surface area contributed by atoms with E-state index < -0.39 is 5.97 Å². The summed E-state index contributed by atoms with van der Waals surface area (Å²) < 4.78 is 10.1. The Morgan fingerprint density at radius 3 is 2.53 bits per heavy atom. The predicted octanol–water partition coefficient (Wildman–Crippen LogP) is 0.916. The summed E-state index contributed by atoms with van der Waals surface area (Å²) in [5, 5.41) is 11.6. The second-order valence-electron chi connectivity index (χ2n) is 3.66. The maximum Gasteiger partial charge on any atom is 0.335 e. The summed E-state index contributed by atoms with van der Waals surface area (Å²) in [7, 11) is 0. The summed E-state index contributed by atoms with van der Waals surface area (Å²) >= 11 is 0. The normalized spacial score (nSPS) is 9.95. The Kier molecular flexibility index (Phi) is 6.38. The van der Waals surface area contributed by atoms with Crippen LogP contribution in [0.1, 0.15) is 17.3 Å². The van der Waals surface area contributed by atoms with Gasteiger partial charge >= 0.3 is 11.9 Å². The molecular weight excluding hydrogens is 250 g/mol. The van der Waals surface area contributed by atoms with Crippen LogP contribution in [-0.2, 0) is 9.53 Å². The smallest absolute Gasteiger partial charge is 0.335 e. The van der Waals surface area contributed by atoms with Gasteiger partial charge in [0.25, 0.3) is 0 Å². The molecule has 0 heterocycles. The van der Waals surface area contributed by atoms with Crippen molar-refractivity contribution in [2.24, 2.45) is 0 Å². The van der Waals surface area contributed by atoms with E-state index in [0.717, 1.165) is 0 Å². The molecule has 0 fully saturated rings. The summed E-state index contributed by atoms with van der Waals surface area (Å²) in [5.74, 6) is -0.682. The minimum atomic E-state index is -0.970. The molecule has 1 aromatic rings. The fourth-order valence-electron chi connectivity index (χ4n) is 1.34. The Bertz CT molecular complexity index is 416. The molecule has 0 saturated carbocycles. The van der Waals surface area contributed by atoms with Crippen molar-refractivity contribution in [3.8, 4) is 5.75 Å². The fourth-order valence-corrected chi connectivity index (χ4v) is 1.34. The van der Waals surface area contributed by atoms with Gasteiger partial charge < -0.3 is 19.9 Å². The number of carboxylic acid groups (broad SMARTS) is 1. The summed E-state index contributed by atoms with van der Waals surface area (Å²) in [6.07, 6.45) is 0. The first kappa shape index (κ1) is 15.0. The number of nitrogens with one attached hydrogen (secondary N) is 1. The molecule has 0 aromatic heterocycles. The van der Waals surface area contributed by atoms with Gasteiger partial charge in [0.2, 0.25) is 0 Å². The van der Waals surface area contributed by atoms with Crippen LogP contribution in [0.2, 0.25) is 0 Å². The first-order chi connectivity index (χ1) is 9.13. The number of esters is 1.